The highest BCUT2D eigenvalue weighted by molar-refractivity contribution is 5.30. The van der Waals surface area contributed by atoms with Crippen LogP contribution in [0.1, 0.15) is 18.1 Å². The first-order chi connectivity index (χ1) is 9.52. The van der Waals surface area contributed by atoms with Crippen LogP contribution in [0.3, 0.4) is 0 Å². The molecule has 0 heterocycles. The molecule has 2 N–H and O–H groups in total. The normalized spacial score (nSPS) is 12.2. The highest BCUT2D eigenvalue weighted by Gasteiger charge is 2.05. The van der Waals surface area contributed by atoms with Crippen molar-refractivity contribution in [3.63, 3.8) is 0 Å². The zero-order chi connectivity index (χ0) is 14.5. The summed E-state index contributed by atoms with van der Waals surface area (Å²) < 4.78 is 32.0. The first-order valence-corrected chi connectivity index (χ1v) is 6.45. The van der Waals surface area contributed by atoms with Crippen LogP contribution in [0.4, 0.5) is 8.78 Å². The maximum Gasteiger partial charge on any atom is 0.127 e. The third-order valence-electron chi connectivity index (χ3n) is 2.78. The predicted octanol–water partition coefficient (Wildman–Crippen LogP) is 3.43. The van der Waals surface area contributed by atoms with Gasteiger partial charge in [0.25, 0.3) is 0 Å². The highest BCUT2D eigenvalue weighted by atomic mass is 19.1. The minimum atomic E-state index is -0.364. The van der Waals surface area contributed by atoms with Gasteiger partial charge in [0.05, 0.1) is 0 Å². The number of nitrogens with two attached hydrogens (primary N) is 1. The quantitative estimate of drug-likeness (QED) is 0.908. The lowest BCUT2D eigenvalue weighted by atomic mass is 10.1. The molecular weight excluding hydrogens is 260 g/mol. The van der Waals surface area contributed by atoms with Crippen molar-refractivity contribution in [3.05, 3.63) is 65.2 Å². The van der Waals surface area contributed by atoms with Gasteiger partial charge >= 0.3 is 0 Å². The summed E-state index contributed by atoms with van der Waals surface area (Å²) in [5.41, 5.74) is 7.18. The van der Waals surface area contributed by atoms with Gasteiger partial charge in [0.2, 0.25) is 0 Å². The van der Waals surface area contributed by atoms with E-state index in [0.29, 0.717) is 17.7 Å². The summed E-state index contributed by atoms with van der Waals surface area (Å²) in [6.07, 6.45) is 0.577. The molecule has 2 aromatic rings. The first kappa shape index (κ1) is 14.5. The third-order valence-corrected chi connectivity index (χ3v) is 2.78. The van der Waals surface area contributed by atoms with E-state index in [1.54, 1.807) is 18.2 Å². The number of hydrogen-bond donors (Lipinski definition) is 1. The largest absolute Gasteiger partial charge is 0.489 e. The Labute approximate surface area is 117 Å². The van der Waals surface area contributed by atoms with E-state index in [0.717, 1.165) is 5.56 Å². The number of benzene rings is 2. The summed E-state index contributed by atoms with van der Waals surface area (Å²) >= 11 is 0. The Balaban J connectivity index is 2.07. The summed E-state index contributed by atoms with van der Waals surface area (Å²) in [6.45, 7) is 2.05. The number of hydrogen-bond acceptors (Lipinski definition) is 2. The van der Waals surface area contributed by atoms with E-state index in [1.807, 2.05) is 6.92 Å². The van der Waals surface area contributed by atoms with Crippen LogP contribution >= 0.6 is 0 Å². The van der Waals surface area contributed by atoms with E-state index in [9.17, 15) is 8.78 Å². The van der Waals surface area contributed by atoms with Crippen LogP contribution < -0.4 is 10.5 Å². The number of ether oxygens (including phenoxy) is 1. The van der Waals surface area contributed by atoms with Gasteiger partial charge in [-0.1, -0.05) is 12.1 Å². The molecule has 2 aromatic carbocycles. The average molecular weight is 277 g/mol. The molecule has 0 fully saturated rings. The highest BCUT2D eigenvalue weighted by Crippen LogP contribution is 2.19. The molecule has 0 saturated heterocycles. The van der Waals surface area contributed by atoms with Crippen molar-refractivity contribution in [2.45, 2.75) is 26.0 Å². The van der Waals surface area contributed by atoms with E-state index < -0.39 is 0 Å². The summed E-state index contributed by atoms with van der Waals surface area (Å²) in [7, 11) is 0. The second-order valence-electron chi connectivity index (χ2n) is 4.90. The smallest absolute Gasteiger partial charge is 0.127 e. The topological polar surface area (TPSA) is 35.2 Å². The van der Waals surface area contributed by atoms with E-state index in [2.05, 4.69) is 0 Å². The maximum absolute atomic E-state index is 13.5. The van der Waals surface area contributed by atoms with Crippen LogP contribution in [0.15, 0.2) is 42.5 Å². The SMILES string of the molecule is CC(N)Cc1cc(F)cc(OCc2cccc(F)c2)c1. The second kappa shape index (κ2) is 6.48. The molecule has 2 nitrogen and oxygen atoms in total. The molecule has 1 atom stereocenters. The Morgan fingerprint density at radius 1 is 1.05 bits per heavy atom. The fourth-order valence-corrected chi connectivity index (χ4v) is 1.99. The number of rotatable bonds is 5. The van der Waals surface area contributed by atoms with E-state index in [1.165, 1.54) is 24.3 Å². The van der Waals surface area contributed by atoms with E-state index in [-0.39, 0.29) is 24.3 Å². The van der Waals surface area contributed by atoms with Crippen LogP contribution in [-0.4, -0.2) is 6.04 Å². The molecule has 4 heteroatoms. The molecule has 0 aromatic heterocycles. The van der Waals surface area contributed by atoms with Crippen molar-refractivity contribution in [3.8, 4) is 5.75 Å². The van der Waals surface area contributed by atoms with Crippen molar-refractivity contribution in [1.29, 1.82) is 0 Å². The molecule has 0 radical (unpaired) electrons. The van der Waals surface area contributed by atoms with Gasteiger partial charge in [0.15, 0.2) is 0 Å². The van der Waals surface area contributed by atoms with E-state index >= 15 is 0 Å². The lowest BCUT2D eigenvalue weighted by molar-refractivity contribution is 0.303. The summed E-state index contributed by atoms with van der Waals surface area (Å²) in [5.74, 6) is -0.259. The van der Waals surface area contributed by atoms with Gasteiger partial charge < -0.3 is 10.5 Å². The van der Waals surface area contributed by atoms with Crippen molar-refractivity contribution < 1.29 is 13.5 Å². The number of halogens is 2. The van der Waals surface area contributed by atoms with Crippen LogP contribution in [0.2, 0.25) is 0 Å². The Morgan fingerprint density at radius 3 is 2.50 bits per heavy atom. The van der Waals surface area contributed by atoms with Crippen LogP contribution in [-0.2, 0) is 13.0 Å². The standard InChI is InChI=1S/C16H17F2NO/c1-11(19)5-13-7-15(18)9-16(8-13)20-10-12-3-2-4-14(17)6-12/h2-4,6-9,11H,5,10,19H2,1H3. The molecule has 0 bridgehead atoms. The fourth-order valence-electron chi connectivity index (χ4n) is 1.99. The lowest BCUT2D eigenvalue weighted by Crippen LogP contribution is -2.17. The Hall–Kier alpha value is -1.94. The Kier molecular flexibility index (Phi) is 4.69. The molecule has 0 aliphatic heterocycles. The molecular formula is C16H17F2NO. The average Bonchev–Trinajstić information content (AvgIpc) is 2.35. The summed E-state index contributed by atoms with van der Waals surface area (Å²) in [5, 5.41) is 0. The van der Waals surface area contributed by atoms with Gasteiger partial charge in [-0.05, 0) is 48.7 Å². The van der Waals surface area contributed by atoms with Gasteiger partial charge in [-0.3, -0.25) is 0 Å². The summed E-state index contributed by atoms with van der Waals surface area (Å²) in [6, 6.07) is 10.6. The molecule has 0 aliphatic carbocycles. The predicted molar refractivity (Wildman–Crippen MR) is 74.5 cm³/mol. The molecule has 0 amide bonds. The van der Waals surface area contributed by atoms with Gasteiger partial charge in [-0.25, -0.2) is 8.78 Å². The van der Waals surface area contributed by atoms with Crippen LogP contribution in [0.5, 0.6) is 5.75 Å². The van der Waals surface area contributed by atoms with Crippen LogP contribution in [0.25, 0.3) is 0 Å². The molecule has 0 aliphatic rings. The second-order valence-corrected chi connectivity index (χ2v) is 4.90. The monoisotopic (exact) mass is 277 g/mol. The van der Waals surface area contributed by atoms with Crippen molar-refractivity contribution in [1.82, 2.24) is 0 Å². The maximum atomic E-state index is 13.5. The van der Waals surface area contributed by atoms with Crippen molar-refractivity contribution in [2.24, 2.45) is 5.73 Å². The zero-order valence-corrected chi connectivity index (χ0v) is 11.3. The fraction of sp³-hybridized carbons (Fsp3) is 0.250. The third kappa shape index (κ3) is 4.31. The molecule has 20 heavy (non-hydrogen) atoms. The van der Waals surface area contributed by atoms with Gasteiger partial charge in [-0.2, -0.15) is 0 Å². The van der Waals surface area contributed by atoms with Gasteiger partial charge in [0.1, 0.15) is 24.0 Å². The minimum absolute atomic E-state index is 0.0483. The Bertz CT molecular complexity index is 584. The molecule has 1 unspecified atom stereocenters. The molecule has 0 spiro atoms. The molecule has 106 valence electrons. The summed E-state index contributed by atoms with van der Waals surface area (Å²) in [4.78, 5) is 0. The van der Waals surface area contributed by atoms with Crippen molar-refractivity contribution in [2.75, 3.05) is 0 Å². The minimum Gasteiger partial charge on any atom is -0.489 e. The van der Waals surface area contributed by atoms with Gasteiger partial charge in [-0.15, -0.1) is 0 Å². The van der Waals surface area contributed by atoms with Gasteiger partial charge in [0, 0.05) is 12.1 Å². The van der Waals surface area contributed by atoms with E-state index in [4.69, 9.17) is 10.5 Å². The first-order valence-electron chi connectivity index (χ1n) is 6.45. The van der Waals surface area contributed by atoms with Crippen molar-refractivity contribution >= 4 is 0 Å². The van der Waals surface area contributed by atoms with Crippen LogP contribution in [0, 0.1) is 11.6 Å². The molecule has 2 rings (SSSR count). The lowest BCUT2D eigenvalue weighted by Gasteiger charge is -2.10. The Morgan fingerprint density at radius 2 is 1.80 bits per heavy atom. The molecule has 0 saturated carbocycles. The zero-order valence-electron chi connectivity index (χ0n) is 11.3.